The van der Waals surface area contributed by atoms with Crippen LogP contribution in [-0.2, 0) is 25.4 Å². The van der Waals surface area contributed by atoms with Gasteiger partial charge in [0, 0.05) is 13.5 Å². The molecule has 0 spiro atoms. The van der Waals surface area contributed by atoms with Crippen LogP contribution in [-0.4, -0.2) is 51.1 Å². The van der Waals surface area contributed by atoms with E-state index < -0.39 is 23.7 Å². The van der Waals surface area contributed by atoms with Gasteiger partial charge in [-0.2, -0.15) is 0 Å². The van der Waals surface area contributed by atoms with Crippen molar-refractivity contribution < 1.29 is 28.5 Å². The zero-order valence-corrected chi connectivity index (χ0v) is 15.5. The molecular weight excluding hydrogens is 326 g/mol. The van der Waals surface area contributed by atoms with E-state index in [-0.39, 0.29) is 6.42 Å². The predicted octanol–water partition coefficient (Wildman–Crippen LogP) is 2.32. The third-order valence-corrected chi connectivity index (χ3v) is 3.10. The third-order valence-electron chi connectivity index (χ3n) is 3.10. The Labute approximate surface area is 148 Å². The van der Waals surface area contributed by atoms with Gasteiger partial charge in [-0.1, -0.05) is 12.1 Å². The molecule has 140 valence electrons. The minimum absolute atomic E-state index is 0.282. The van der Waals surface area contributed by atoms with Crippen LogP contribution in [0.4, 0.5) is 4.79 Å². The number of methoxy groups -OCH3 is 2. The molecule has 1 aromatic rings. The van der Waals surface area contributed by atoms with Crippen molar-refractivity contribution in [3.63, 3.8) is 0 Å². The van der Waals surface area contributed by atoms with Gasteiger partial charge in [-0.25, -0.2) is 9.59 Å². The number of ether oxygens (including phenoxy) is 4. The SMILES string of the molecule is COCCOc1ccc(C[C@H](NC(=O)OC(C)(C)C)C(=O)OC)cc1. The lowest BCUT2D eigenvalue weighted by Gasteiger charge is -2.22. The lowest BCUT2D eigenvalue weighted by atomic mass is 10.1. The van der Waals surface area contributed by atoms with Crippen LogP contribution < -0.4 is 10.1 Å². The van der Waals surface area contributed by atoms with Crippen LogP contribution in [0.3, 0.4) is 0 Å². The van der Waals surface area contributed by atoms with Gasteiger partial charge in [0.15, 0.2) is 0 Å². The second-order valence-corrected chi connectivity index (χ2v) is 6.41. The smallest absolute Gasteiger partial charge is 0.408 e. The molecule has 0 fully saturated rings. The fourth-order valence-corrected chi connectivity index (χ4v) is 1.99. The Balaban J connectivity index is 2.68. The first-order valence-electron chi connectivity index (χ1n) is 8.03. The molecule has 0 aromatic heterocycles. The van der Waals surface area contributed by atoms with E-state index in [0.717, 1.165) is 5.56 Å². The number of benzene rings is 1. The van der Waals surface area contributed by atoms with E-state index in [1.165, 1.54) is 7.11 Å². The van der Waals surface area contributed by atoms with Crippen molar-refractivity contribution in [2.24, 2.45) is 0 Å². The van der Waals surface area contributed by atoms with Gasteiger partial charge < -0.3 is 24.3 Å². The van der Waals surface area contributed by atoms with Crippen LogP contribution in [0.2, 0.25) is 0 Å². The largest absolute Gasteiger partial charge is 0.491 e. The van der Waals surface area contributed by atoms with Gasteiger partial charge in [0.25, 0.3) is 0 Å². The highest BCUT2D eigenvalue weighted by molar-refractivity contribution is 5.81. The maximum atomic E-state index is 11.9. The molecule has 0 saturated carbocycles. The average molecular weight is 353 g/mol. The van der Waals surface area contributed by atoms with Crippen molar-refractivity contribution in [3.05, 3.63) is 29.8 Å². The number of carbonyl (C=O) groups excluding carboxylic acids is 2. The van der Waals surface area contributed by atoms with Crippen LogP contribution >= 0.6 is 0 Å². The Kier molecular flexibility index (Phi) is 8.21. The number of nitrogens with one attached hydrogen (secondary N) is 1. The fraction of sp³-hybridized carbons (Fsp3) is 0.556. The molecule has 0 heterocycles. The molecule has 0 aliphatic carbocycles. The minimum atomic E-state index is -0.833. The van der Waals surface area contributed by atoms with Crippen molar-refractivity contribution in [1.29, 1.82) is 0 Å². The van der Waals surface area contributed by atoms with Crippen molar-refractivity contribution in [2.75, 3.05) is 27.4 Å². The number of rotatable bonds is 8. The molecule has 0 saturated heterocycles. The highest BCUT2D eigenvalue weighted by Gasteiger charge is 2.25. The monoisotopic (exact) mass is 353 g/mol. The Bertz CT molecular complexity index is 550. The summed E-state index contributed by atoms with van der Waals surface area (Å²) < 4.78 is 20.4. The summed E-state index contributed by atoms with van der Waals surface area (Å²) in [7, 11) is 2.88. The molecule has 0 radical (unpaired) electrons. The number of carbonyl (C=O) groups is 2. The molecule has 1 N–H and O–H groups in total. The first-order valence-corrected chi connectivity index (χ1v) is 8.03. The Hall–Kier alpha value is -2.28. The van der Waals surface area contributed by atoms with E-state index in [9.17, 15) is 9.59 Å². The standard InChI is InChI=1S/C18H27NO6/c1-18(2,3)25-17(21)19-15(16(20)23-5)12-13-6-8-14(9-7-13)24-11-10-22-4/h6-9,15H,10-12H2,1-5H3,(H,19,21)/t15-/m0/s1. The summed E-state index contributed by atoms with van der Waals surface area (Å²) in [6, 6.07) is 6.42. The van der Waals surface area contributed by atoms with Gasteiger partial charge in [-0.15, -0.1) is 0 Å². The average Bonchev–Trinajstić information content (AvgIpc) is 2.53. The summed E-state index contributed by atoms with van der Waals surface area (Å²) in [5, 5.41) is 2.55. The summed E-state index contributed by atoms with van der Waals surface area (Å²) in [5.74, 6) is 0.168. The van der Waals surface area contributed by atoms with E-state index >= 15 is 0 Å². The van der Waals surface area contributed by atoms with E-state index in [2.05, 4.69) is 5.32 Å². The lowest BCUT2D eigenvalue weighted by molar-refractivity contribution is -0.143. The maximum Gasteiger partial charge on any atom is 0.408 e. The van der Waals surface area contributed by atoms with E-state index in [4.69, 9.17) is 18.9 Å². The summed E-state index contributed by atoms with van der Waals surface area (Å²) >= 11 is 0. The van der Waals surface area contributed by atoms with Gasteiger partial charge in [-0.3, -0.25) is 0 Å². The molecule has 7 heteroatoms. The number of alkyl carbamates (subject to hydrolysis) is 1. The molecule has 0 unspecified atom stereocenters. The van der Waals surface area contributed by atoms with Crippen LogP contribution in [0, 0.1) is 0 Å². The Morgan fingerprint density at radius 1 is 1.08 bits per heavy atom. The molecule has 1 aromatic carbocycles. The van der Waals surface area contributed by atoms with Gasteiger partial charge in [0.05, 0.1) is 13.7 Å². The topological polar surface area (TPSA) is 83.1 Å². The number of hydrogen-bond donors (Lipinski definition) is 1. The van der Waals surface area contributed by atoms with Gasteiger partial charge in [-0.05, 0) is 38.5 Å². The van der Waals surface area contributed by atoms with Crippen molar-refractivity contribution in [1.82, 2.24) is 5.32 Å². The van der Waals surface area contributed by atoms with E-state index in [0.29, 0.717) is 19.0 Å². The van der Waals surface area contributed by atoms with Gasteiger partial charge in [0.2, 0.25) is 0 Å². The first kappa shape index (κ1) is 20.8. The number of hydrogen-bond acceptors (Lipinski definition) is 6. The minimum Gasteiger partial charge on any atom is -0.491 e. The predicted molar refractivity (Wildman–Crippen MR) is 92.7 cm³/mol. The molecule has 0 aliphatic heterocycles. The van der Waals surface area contributed by atoms with Crippen molar-refractivity contribution in [2.45, 2.75) is 38.8 Å². The van der Waals surface area contributed by atoms with Crippen LogP contribution in [0.5, 0.6) is 5.75 Å². The van der Waals surface area contributed by atoms with E-state index in [1.54, 1.807) is 40.0 Å². The fourth-order valence-electron chi connectivity index (χ4n) is 1.99. The Morgan fingerprint density at radius 2 is 1.72 bits per heavy atom. The van der Waals surface area contributed by atoms with E-state index in [1.807, 2.05) is 12.1 Å². The molecule has 7 nitrogen and oxygen atoms in total. The molecule has 1 rings (SSSR count). The normalized spacial score (nSPS) is 12.2. The third kappa shape index (κ3) is 8.39. The molecule has 25 heavy (non-hydrogen) atoms. The molecule has 0 bridgehead atoms. The summed E-state index contributed by atoms with van der Waals surface area (Å²) in [6.07, 6.45) is -0.382. The van der Waals surface area contributed by atoms with Crippen LogP contribution in [0.1, 0.15) is 26.3 Å². The molecule has 1 amide bonds. The summed E-state index contributed by atoms with van der Waals surface area (Å²) in [5.41, 5.74) is 0.205. The highest BCUT2D eigenvalue weighted by atomic mass is 16.6. The maximum absolute atomic E-state index is 11.9. The Morgan fingerprint density at radius 3 is 2.24 bits per heavy atom. The molecule has 0 aliphatic rings. The van der Waals surface area contributed by atoms with Crippen LogP contribution in [0.15, 0.2) is 24.3 Å². The van der Waals surface area contributed by atoms with Gasteiger partial charge in [0.1, 0.15) is 24.0 Å². The van der Waals surface area contributed by atoms with Crippen molar-refractivity contribution in [3.8, 4) is 5.75 Å². The zero-order chi connectivity index (χ0) is 18.9. The van der Waals surface area contributed by atoms with Crippen molar-refractivity contribution >= 4 is 12.1 Å². The highest BCUT2D eigenvalue weighted by Crippen LogP contribution is 2.14. The van der Waals surface area contributed by atoms with Crippen LogP contribution in [0.25, 0.3) is 0 Å². The molecular formula is C18H27NO6. The number of amides is 1. The second kappa shape index (κ2) is 9.88. The first-order chi connectivity index (χ1) is 11.7. The zero-order valence-electron chi connectivity index (χ0n) is 15.5. The summed E-state index contributed by atoms with van der Waals surface area (Å²) in [4.78, 5) is 23.8. The summed E-state index contributed by atoms with van der Waals surface area (Å²) in [6.45, 7) is 6.22. The quantitative estimate of drug-likeness (QED) is 0.570. The molecule has 1 atom stereocenters. The second-order valence-electron chi connectivity index (χ2n) is 6.41. The van der Waals surface area contributed by atoms with Gasteiger partial charge >= 0.3 is 12.1 Å². The number of esters is 1. The lowest BCUT2D eigenvalue weighted by Crippen LogP contribution is -2.45.